The zero-order valence-electron chi connectivity index (χ0n) is 17.2. The Hall–Kier alpha value is -3.74. The number of hydrazone groups is 1. The highest BCUT2D eigenvalue weighted by molar-refractivity contribution is 6.32. The molecule has 6 nitrogen and oxygen atoms in total. The molecule has 3 aromatic rings. The maximum atomic E-state index is 13.2. The molecule has 0 radical (unpaired) electrons. The Kier molecular flexibility index (Phi) is 4.73. The molecule has 0 atom stereocenters. The molecule has 1 aliphatic rings. The van der Waals surface area contributed by atoms with Gasteiger partial charge in [-0.2, -0.15) is 10.1 Å². The van der Waals surface area contributed by atoms with Crippen molar-refractivity contribution >= 4 is 23.4 Å². The van der Waals surface area contributed by atoms with E-state index in [1.165, 1.54) is 34.0 Å². The Morgan fingerprint density at radius 3 is 2.27 bits per heavy atom. The molecule has 7 heteroatoms. The summed E-state index contributed by atoms with van der Waals surface area (Å²) < 4.78 is 14.5. The average Bonchev–Trinajstić information content (AvgIpc) is 3.15. The van der Waals surface area contributed by atoms with E-state index in [0.717, 1.165) is 11.1 Å². The topological polar surface area (TPSA) is 70.5 Å². The SMILES string of the molecule is CC1=NN(c2ccc(C)c(C)c2)C(=O)/C1=C\c1c(C)[nH]n(-c2ccc(F)cc2)c1=O. The third-order valence-corrected chi connectivity index (χ3v) is 5.29. The molecule has 1 aromatic heterocycles. The summed E-state index contributed by atoms with van der Waals surface area (Å²) in [6.45, 7) is 7.48. The lowest BCUT2D eigenvalue weighted by atomic mass is 10.1. The average molecular weight is 404 g/mol. The quantitative estimate of drug-likeness (QED) is 0.670. The number of amides is 1. The summed E-state index contributed by atoms with van der Waals surface area (Å²) >= 11 is 0. The zero-order chi connectivity index (χ0) is 21.6. The van der Waals surface area contributed by atoms with Gasteiger partial charge in [-0.1, -0.05) is 6.07 Å². The third-order valence-electron chi connectivity index (χ3n) is 5.29. The Labute approximate surface area is 172 Å². The van der Waals surface area contributed by atoms with Crippen LogP contribution in [0.4, 0.5) is 10.1 Å². The molecule has 2 aromatic carbocycles. The third kappa shape index (κ3) is 3.28. The number of H-pyrrole nitrogens is 1. The van der Waals surface area contributed by atoms with Gasteiger partial charge in [0.05, 0.1) is 28.2 Å². The second kappa shape index (κ2) is 7.26. The first-order chi connectivity index (χ1) is 14.3. The number of hydrogen-bond donors (Lipinski definition) is 1. The van der Waals surface area contributed by atoms with Crippen molar-refractivity contribution in [3.63, 3.8) is 0 Å². The van der Waals surface area contributed by atoms with E-state index in [9.17, 15) is 14.0 Å². The Morgan fingerprint density at radius 2 is 1.60 bits per heavy atom. The molecule has 1 aliphatic heterocycles. The van der Waals surface area contributed by atoms with E-state index in [-0.39, 0.29) is 17.3 Å². The highest BCUT2D eigenvalue weighted by atomic mass is 19.1. The lowest BCUT2D eigenvalue weighted by molar-refractivity contribution is -0.114. The van der Waals surface area contributed by atoms with Crippen LogP contribution in [0.5, 0.6) is 0 Å². The number of halogens is 1. The van der Waals surface area contributed by atoms with Gasteiger partial charge < -0.3 is 0 Å². The summed E-state index contributed by atoms with van der Waals surface area (Å²) in [4.78, 5) is 26.0. The number of anilines is 1. The molecule has 0 saturated heterocycles. The molecule has 30 heavy (non-hydrogen) atoms. The molecule has 0 unspecified atom stereocenters. The smallest absolute Gasteiger partial charge is 0.280 e. The van der Waals surface area contributed by atoms with Crippen molar-refractivity contribution in [2.75, 3.05) is 5.01 Å². The van der Waals surface area contributed by atoms with Gasteiger partial charge in [0, 0.05) is 5.69 Å². The molecule has 2 heterocycles. The number of nitrogens with zero attached hydrogens (tertiary/aromatic N) is 3. The number of hydrogen-bond acceptors (Lipinski definition) is 3. The summed E-state index contributed by atoms with van der Waals surface area (Å²) in [5.41, 5.74) is 4.91. The predicted molar refractivity (Wildman–Crippen MR) is 116 cm³/mol. The van der Waals surface area contributed by atoms with Gasteiger partial charge >= 0.3 is 0 Å². The maximum Gasteiger partial charge on any atom is 0.280 e. The summed E-state index contributed by atoms with van der Waals surface area (Å²) in [6.07, 6.45) is 1.57. The molecule has 0 saturated carbocycles. The van der Waals surface area contributed by atoms with Crippen molar-refractivity contribution in [1.82, 2.24) is 9.78 Å². The number of nitrogens with one attached hydrogen (secondary N) is 1. The van der Waals surface area contributed by atoms with Crippen LogP contribution in [0.3, 0.4) is 0 Å². The van der Waals surface area contributed by atoms with Gasteiger partial charge in [-0.25, -0.2) is 9.07 Å². The number of benzene rings is 2. The van der Waals surface area contributed by atoms with Crippen LogP contribution in [0, 0.1) is 26.6 Å². The zero-order valence-corrected chi connectivity index (χ0v) is 17.2. The van der Waals surface area contributed by atoms with Crippen molar-refractivity contribution in [2.45, 2.75) is 27.7 Å². The first-order valence-electron chi connectivity index (χ1n) is 9.53. The second-order valence-electron chi connectivity index (χ2n) is 7.40. The second-order valence-corrected chi connectivity index (χ2v) is 7.40. The summed E-state index contributed by atoms with van der Waals surface area (Å²) in [6, 6.07) is 11.3. The van der Waals surface area contributed by atoms with Crippen molar-refractivity contribution in [3.05, 3.63) is 86.6 Å². The Morgan fingerprint density at radius 1 is 0.933 bits per heavy atom. The van der Waals surface area contributed by atoms with E-state index in [0.29, 0.717) is 33.9 Å². The van der Waals surface area contributed by atoms with E-state index in [4.69, 9.17) is 0 Å². The minimum atomic E-state index is -0.382. The fourth-order valence-electron chi connectivity index (χ4n) is 3.36. The van der Waals surface area contributed by atoms with Crippen LogP contribution in [0.15, 0.2) is 57.9 Å². The van der Waals surface area contributed by atoms with Crippen LogP contribution in [0.2, 0.25) is 0 Å². The standard InChI is InChI=1S/C23H21FN4O2/c1-13-5-8-19(11-14(13)2)28-23(30)21(16(4)26-28)12-20-15(3)25-27(22(20)29)18-9-6-17(24)7-10-18/h5-12,25H,1-4H3/b21-12-. The van der Waals surface area contributed by atoms with Crippen LogP contribution < -0.4 is 10.6 Å². The van der Waals surface area contributed by atoms with Crippen molar-refractivity contribution < 1.29 is 9.18 Å². The van der Waals surface area contributed by atoms with Gasteiger partial charge in [0.2, 0.25) is 0 Å². The van der Waals surface area contributed by atoms with Crippen LogP contribution in [0.1, 0.15) is 29.3 Å². The first-order valence-corrected chi connectivity index (χ1v) is 9.53. The molecule has 0 bridgehead atoms. The Balaban J connectivity index is 1.73. The lowest BCUT2D eigenvalue weighted by Gasteiger charge is -2.13. The minimum Gasteiger partial charge on any atom is -0.295 e. The number of aryl methyl sites for hydroxylation is 3. The van der Waals surface area contributed by atoms with Gasteiger partial charge in [-0.15, -0.1) is 0 Å². The molecular weight excluding hydrogens is 383 g/mol. The van der Waals surface area contributed by atoms with Crippen LogP contribution in [-0.2, 0) is 4.79 Å². The minimum absolute atomic E-state index is 0.288. The molecule has 1 N–H and O–H groups in total. The largest absolute Gasteiger partial charge is 0.295 e. The number of carbonyl (C=O) groups excluding carboxylic acids is 1. The van der Waals surface area contributed by atoms with E-state index in [1.807, 2.05) is 32.0 Å². The monoisotopic (exact) mass is 404 g/mol. The summed E-state index contributed by atoms with van der Waals surface area (Å²) in [5.74, 6) is -0.670. The fraction of sp³-hybridized carbons (Fsp3) is 0.174. The highest BCUT2D eigenvalue weighted by Crippen LogP contribution is 2.26. The summed E-state index contributed by atoms with van der Waals surface area (Å²) in [7, 11) is 0. The normalized spacial score (nSPS) is 15.2. The molecule has 0 spiro atoms. The molecule has 152 valence electrons. The molecular formula is C23H21FN4O2. The fourth-order valence-corrected chi connectivity index (χ4v) is 3.36. The molecule has 4 rings (SSSR count). The number of aromatic nitrogens is 2. The predicted octanol–water partition coefficient (Wildman–Crippen LogP) is 4.04. The van der Waals surface area contributed by atoms with E-state index in [1.54, 1.807) is 19.9 Å². The lowest BCUT2D eigenvalue weighted by Crippen LogP contribution is -2.22. The van der Waals surface area contributed by atoms with Gasteiger partial charge in [0.15, 0.2) is 0 Å². The van der Waals surface area contributed by atoms with Gasteiger partial charge in [0.25, 0.3) is 11.5 Å². The maximum absolute atomic E-state index is 13.2. The van der Waals surface area contributed by atoms with Gasteiger partial charge in [-0.3, -0.25) is 14.7 Å². The van der Waals surface area contributed by atoms with Crippen molar-refractivity contribution in [3.8, 4) is 5.69 Å². The van der Waals surface area contributed by atoms with Crippen molar-refractivity contribution in [1.29, 1.82) is 0 Å². The van der Waals surface area contributed by atoms with Crippen LogP contribution in [-0.4, -0.2) is 21.4 Å². The van der Waals surface area contributed by atoms with Gasteiger partial charge in [0.1, 0.15) is 5.82 Å². The van der Waals surface area contributed by atoms with E-state index < -0.39 is 0 Å². The Bertz CT molecular complexity index is 1280. The highest BCUT2D eigenvalue weighted by Gasteiger charge is 2.29. The van der Waals surface area contributed by atoms with Crippen LogP contribution in [0.25, 0.3) is 11.8 Å². The van der Waals surface area contributed by atoms with E-state index in [2.05, 4.69) is 10.2 Å². The van der Waals surface area contributed by atoms with Crippen molar-refractivity contribution in [2.24, 2.45) is 5.10 Å². The molecule has 0 aliphatic carbocycles. The molecule has 0 fully saturated rings. The number of carbonyl (C=O) groups is 1. The van der Waals surface area contributed by atoms with Gasteiger partial charge in [-0.05, 0) is 81.3 Å². The van der Waals surface area contributed by atoms with E-state index >= 15 is 0 Å². The summed E-state index contributed by atoms with van der Waals surface area (Å²) in [5, 5.41) is 8.73. The first kappa shape index (κ1) is 19.6. The number of rotatable bonds is 3. The number of aromatic amines is 1. The van der Waals surface area contributed by atoms with Crippen LogP contribution >= 0.6 is 0 Å². The molecule has 1 amide bonds.